The molecule has 100 valence electrons. The van der Waals surface area contributed by atoms with Crippen LogP contribution in [0.1, 0.15) is 5.56 Å². The molecular formula is C17H15FN2. The number of hydrogen-bond donors (Lipinski definition) is 1. The van der Waals surface area contributed by atoms with E-state index in [-0.39, 0.29) is 5.82 Å². The Labute approximate surface area is 117 Å². The van der Waals surface area contributed by atoms with Crippen LogP contribution in [0.2, 0.25) is 0 Å². The lowest BCUT2D eigenvalue weighted by atomic mass is 10.0. The molecular weight excluding hydrogens is 251 g/mol. The maximum absolute atomic E-state index is 13.7. The minimum Gasteiger partial charge on any atom is -0.316 e. The van der Waals surface area contributed by atoms with E-state index in [4.69, 9.17) is 0 Å². The maximum Gasteiger partial charge on any atom is 0.127 e. The highest BCUT2D eigenvalue weighted by Crippen LogP contribution is 2.25. The number of fused-ring (bicyclic) bond motifs is 1. The van der Waals surface area contributed by atoms with E-state index in [9.17, 15) is 4.39 Å². The summed E-state index contributed by atoms with van der Waals surface area (Å²) in [5.74, 6) is -0.175. The monoisotopic (exact) mass is 266 g/mol. The summed E-state index contributed by atoms with van der Waals surface area (Å²) >= 11 is 0. The summed E-state index contributed by atoms with van der Waals surface area (Å²) in [6, 6.07) is 15.3. The first-order valence-electron chi connectivity index (χ1n) is 6.56. The van der Waals surface area contributed by atoms with Crippen LogP contribution in [0.25, 0.3) is 22.0 Å². The zero-order valence-electron chi connectivity index (χ0n) is 11.2. The number of hydrogen-bond acceptors (Lipinski definition) is 2. The largest absolute Gasteiger partial charge is 0.316 e. The van der Waals surface area contributed by atoms with E-state index in [1.165, 1.54) is 6.07 Å². The van der Waals surface area contributed by atoms with Crippen molar-refractivity contribution < 1.29 is 4.39 Å². The van der Waals surface area contributed by atoms with Gasteiger partial charge in [0.2, 0.25) is 0 Å². The van der Waals surface area contributed by atoms with Gasteiger partial charge >= 0.3 is 0 Å². The summed E-state index contributed by atoms with van der Waals surface area (Å²) in [4.78, 5) is 4.31. The number of halogens is 1. The Morgan fingerprint density at radius 1 is 1.05 bits per heavy atom. The lowest BCUT2D eigenvalue weighted by Crippen LogP contribution is -2.07. The average molecular weight is 266 g/mol. The summed E-state index contributed by atoms with van der Waals surface area (Å²) < 4.78 is 13.7. The highest BCUT2D eigenvalue weighted by Gasteiger charge is 2.05. The van der Waals surface area contributed by atoms with Gasteiger partial charge in [0.05, 0.1) is 5.52 Å². The fourth-order valence-corrected chi connectivity index (χ4v) is 2.34. The highest BCUT2D eigenvalue weighted by molar-refractivity contribution is 5.84. The fourth-order valence-electron chi connectivity index (χ4n) is 2.34. The zero-order chi connectivity index (χ0) is 13.9. The molecule has 0 unspecified atom stereocenters. The Hall–Kier alpha value is -2.26. The van der Waals surface area contributed by atoms with Crippen LogP contribution < -0.4 is 5.32 Å². The van der Waals surface area contributed by atoms with Crippen LogP contribution in [-0.4, -0.2) is 12.0 Å². The number of aromatic nitrogens is 1. The van der Waals surface area contributed by atoms with Crippen LogP contribution >= 0.6 is 0 Å². The topological polar surface area (TPSA) is 24.9 Å². The predicted octanol–water partition coefficient (Wildman–Crippen LogP) is 3.76. The Kier molecular flexibility index (Phi) is 3.44. The molecule has 0 amide bonds. The molecule has 20 heavy (non-hydrogen) atoms. The average Bonchev–Trinajstić information content (AvgIpc) is 2.49. The minimum absolute atomic E-state index is 0.175. The molecule has 0 radical (unpaired) electrons. The van der Waals surface area contributed by atoms with Crippen molar-refractivity contribution >= 4 is 10.9 Å². The summed E-state index contributed by atoms with van der Waals surface area (Å²) in [6.45, 7) is 0.523. The summed E-state index contributed by atoms with van der Waals surface area (Å²) in [5.41, 5.74) is 3.73. The van der Waals surface area contributed by atoms with Gasteiger partial charge < -0.3 is 5.32 Å². The third kappa shape index (κ3) is 2.40. The predicted molar refractivity (Wildman–Crippen MR) is 79.9 cm³/mol. The molecule has 1 N–H and O–H groups in total. The van der Waals surface area contributed by atoms with Gasteiger partial charge in [-0.05, 0) is 48.5 Å². The number of rotatable bonds is 3. The SMILES string of the molecule is CNCc1cc(-c2ccc3ncccc3c2)ccc1F. The van der Waals surface area contributed by atoms with Crippen LogP contribution in [-0.2, 0) is 6.54 Å². The molecule has 0 aliphatic heterocycles. The third-order valence-electron chi connectivity index (χ3n) is 3.35. The number of nitrogens with zero attached hydrogens (tertiary/aromatic N) is 1. The van der Waals surface area contributed by atoms with Crippen molar-refractivity contribution in [1.82, 2.24) is 10.3 Å². The van der Waals surface area contributed by atoms with Crippen LogP contribution in [0.15, 0.2) is 54.7 Å². The van der Waals surface area contributed by atoms with Gasteiger partial charge in [-0.15, -0.1) is 0 Å². The second-order valence-electron chi connectivity index (χ2n) is 4.75. The van der Waals surface area contributed by atoms with E-state index < -0.39 is 0 Å². The van der Waals surface area contributed by atoms with Crippen molar-refractivity contribution in [2.45, 2.75) is 6.54 Å². The first-order valence-corrected chi connectivity index (χ1v) is 6.56. The van der Waals surface area contributed by atoms with Gasteiger partial charge in [0.25, 0.3) is 0 Å². The van der Waals surface area contributed by atoms with Gasteiger partial charge in [-0.25, -0.2) is 4.39 Å². The van der Waals surface area contributed by atoms with Gasteiger partial charge in [-0.2, -0.15) is 0 Å². The quantitative estimate of drug-likeness (QED) is 0.780. The van der Waals surface area contributed by atoms with Crippen LogP contribution in [0.3, 0.4) is 0 Å². The van der Waals surface area contributed by atoms with E-state index in [2.05, 4.69) is 16.4 Å². The van der Waals surface area contributed by atoms with Crippen molar-refractivity contribution in [1.29, 1.82) is 0 Å². The van der Waals surface area contributed by atoms with Gasteiger partial charge in [-0.3, -0.25) is 4.98 Å². The molecule has 0 saturated carbocycles. The Bertz CT molecular complexity index is 753. The first kappa shape index (κ1) is 12.8. The highest BCUT2D eigenvalue weighted by atomic mass is 19.1. The van der Waals surface area contributed by atoms with Crippen molar-refractivity contribution in [3.63, 3.8) is 0 Å². The Balaban J connectivity index is 2.08. The lowest BCUT2D eigenvalue weighted by Gasteiger charge is -2.08. The molecule has 0 aliphatic carbocycles. The van der Waals surface area contributed by atoms with Crippen molar-refractivity contribution in [2.75, 3.05) is 7.05 Å². The summed E-state index contributed by atoms with van der Waals surface area (Å²) in [6.07, 6.45) is 1.78. The third-order valence-corrected chi connectivity index (χ3v) is 3.35. The minimum atomic E-state index is -0.175. The van der Waals surface area contributed by atoms with E-state index in [1.807, 2.05) is 43.4 Å². The van der Waals surface area contributed by atoms with E-state index in [1.54, 1.807) is 6.20 Å². The molecule has 2 nitrogen and oxygen atoms in total. The van der Waals surface area contributed by atoms with Gasteiger partial charge in [0, 0.05) is 23.7 Å². The number of pyridine rings is 1. The number of nitrogens with one attached hydrogen (secondary N) is 1. The molecule has 3 heteroatoms. The molecule has 0 fully saturated rings. The molecule has 3 rings (SSSR count). The van der Waals surface area contributed by atoms with E-state index in [0.717, 1.165) is 22.0 Å². The second kappa shape index (κ2) is 5.39. The lowest BCUT2D eigenvalue weighted by molar-refractivity contribution is 0.601. The van der Waals surface area contributed by atoms with E-state index >= 15 is 0 Å². The second-order valence-corrected chi connectivity index (χ2v) is 4.75. The summed E-state index contributed by atoms with van der Waals surface area (Å²) in [7, 11) is 1.81. The molecule has 0 saturated heterocycles. The van der Waals surface area contributed by atoms with Crippen LogP contribution in [0, 0.1) is 5.82 Å². The normalized spacial score (nSPS) is 10.9. The van der Waals surface area contributed by atoms with Crippen molar-refractivity contribution in [2.24, 2.45) is 0 Å². The van der Waals surface area contributed by atoms with Gasteiger partial charge in [-0.1, -0.05) is 18.2 Å². The number of benzene rings is 2. The molecule has 0 aliphatic rings. The molecule has 2 aromatic carbocycles. The van der Waals surface area contributed by atoms with E-state index in [0.29, 0.717) is 12.1 Å². The molecule has 0 spiro atoms. The molecule has 1 heterocycles. The first-order chi connectivity index (χ1) is 9.78. The van der Waals surface area contributed by atoms with Crippen molar-refractivity contribution in [3.8, 4) is 11.1 Å². The van der Waals surface area contributed by atoms with Crippen LogP contribution in [0.4, 0.5) is 4.39 Å². The van der Waals surface area contributed by atoms with Gasteiger partial charge in [0.1, 0.15) is 5.82 Å². The standard InChI is InChI=1S/C17H15FN2/c1-19-11-15-10-12(4-6-16(15)18)13-5-7-17-14(9-13)3-2-8-20-17/h2-10,19H,11H2,1H3. The summed E-state index contributed by atoms with van der Waals surface area (Å²) in [5, 5.41) is 4.07. The van der Waals surface area contributed by atoms with Gasteiger partial charge in [0.15, 0.2) is 0 Å². The Morgan fingerprint density at radius 3 is 2.70 bits per heavy atom. The zero-order valence-corrected chi connectivity index (χ0v) is 11.2. The Morgan fingerprint density at radius 2 is 1.85 bits per heavy atom. The molecule has 0 bridgehead atoms. The van der Waals surface area contributed by atoms with Crippen LogP contribution in [0.5, 0.6) is 0 Å². The van der Waals surface area contributed by atoms with Crippen molar-refractivity contribution in [3.05, 3.63) is 66.1 Å². The fraction of sp³-hybridized carbons (Fsp3) is 0.118. The maximum atomic E-state index is 13.7. The molecule has 3 aromatic rings. The molecule has 1 aromatic heterocycles. The smallest absolute Gasteiger partial charge is 0.127 e. The molecule has 0 atom stereocenters.